The molecule has 0 aliphatic rings. The summed E-state index contributed by atoms with van der Waals surface area (Å²) in [5, 5.41) is 0. The Balaban J connectivity index is 2.28. The van der Waals surface area contributed by atoms with E-state index in [0.717, 1.165) is 5.56 Å². The van der Waals surface area contributed by atoms with Crippen LogP contribution >= 0.6 is 0 Å². The summed E-state index contributed by atoms with van der Waals surface area (Å²) < 4.78 is 15.7. The van der Waals surface area contributed by atoms with Gasteiger partial charge in [-0.25, -0.2) is 0 Å². The van der Waals surface area contributed by atoms with Crippen molar-refractivity contribution in [1.29, 1.82) is 0 Å². The summed E-state index contributed by atoms with van der Waals surface area (Å²) in [4.78, 5) is 0. The van der Waals surface area contributed by atoms with Gasteiger partial charge in [0.2, 0.25) is 0 Å². The molecule has 0 aliphatic carbocycles. The molecule has 2 heteroatoms. The van der Waals surface area contributed by atoms with Gasteiger partial charge in [-0.2, -0.15) is 0 Å². The van der Waals surface area contributed by atoms with Gasteiger partial charge in [0.25, 0.3) is 0 Å². The standard InChI is InChI=1S/C14H12FI/c1-2-11-10-12(15)8-9-14(11)16-13-6-4-3-5-7-13/h3-10H,1-2H2/q-2. The van der Waals surface area contributed by atoms with Crippen molar-refractivity contribution in [1.82, 2.24) is 0 Å². The Morgan fingerprint density at radius 3 is 2.50 bits per heavy atom. The van der Waals surface area contributed by atoms with E-state index in [1.54, 1.807) is 6.07 Å². The number of halogens is 2. The predicted molar refractivity (Wildman–Crippen MR) is 59.3 cm³/mol. The van der Waals surface area contributed by atoms with Crippen LogP contribution in [0.4, 0.5) is 4.39 Å². The zero-order valence-corrected chi connectivity index (χ0v) is 10.9. The molecule has 0 fully saturated rings. The van der Waals surface area contributed by atoms with Gasteiger partial charge in [-0.3, -0.25) is 0 Å². The summed E-state index contributed by atoms with van der Waals surface area (Å²) in [6, 6.07) is 15.4. The molecule has 0 heterocycles. The van der Waals surface area contributed by atoms with Gasteiger partial charge in [0.05, 0.1) is 0 Å². The molecule has 0 aromatic heterocycles. The summed E-state index contributed by atoms with van der Waals surface area (Å²) in [6.45, 7) is 3.85. The first-order valence-electron chi connectivity index (χ1n) is 5.07. The van der Waals surface area contributed by atoms with Crippen molar-refractivity contribution in [2.45, 2.75) is 6.42 Å². The van der Waals surface area contributed by atoms with E-state index >= 15 is 0 Å². The third-order valence-corrected chi connectivity index (χ3v) is 5.20. The van der Waals surface area contributed by atoms with E-state index in [1.165, 1.54) is 13.2 Å². The molecule has 16 heavy (non-hydrogen) atoms. The Labute approximate surface area is 106 Å². The van der Waals surface area contributed by atoms with Crippen LogP contribution in [0.15, 0.2) is 48.5 Å². The second kappa shape index (κ2) is 5.43. The van der Waals surface area contributed by atoms with Gasteiger partial charge in [0.1, 0.15) is 0 Å². The van der Waals surface area contributed by atoms with Crippen LogP contribution in [-0.2, 0) is 6.42 Å². The minimum atomic E-state index is -0.219. The molecule has 0 saturated carbocycles. The van der Waals surface area contributed by atoms with Crippen LogP contribution in [0.2, 0.25) is 0 Å². The zero-order valence-electron chi connectivity index (χ0n) is 8.79. The monoisotopic (exact) mass is 326 g/mol. The van der Waals surface area contributed by atoms with Crippen molar-refractivity contribution < 1.29 is 25.6 Å². The average molecular weight is 326 g/mol. The van der Waals surface area contributed by atoms with Crippen LogP contribution in [0.5, 0.6) is 0 Å². The third kappa shape index (κ3) is 2.82. The molecule has 0 saturated heterocycles. The Morgan fingerprint density at radius 2 is 1.81 bits per heavy atom. The van der Waals surface area contributed by atoms with E-state index in [-0.39, 0.29) is 27.0 Å². The molecule has 0 spiro atoms. The van der Waals surface area contributed by atoms with E-state index in [4.69, 9.17) is 0 Å². The molecule has 2 aromatic rings. The predicted octanol–water partition coefficient (Wildman–Crippen LogP) is 0.331. The second-order valence-corrected chi connectivity index (χ2v) is 6.32. The van der Waals surface area contributed by atoms with Gasteiger partial charge in [0.15, 0.2) is 0 Å². The zero-order chi connectivity index (χ0) is 11.4. The molecule has 0 atom stereocenters. The maximum atomic E-state index is 13.1. The van der Waals surface area contributed by atoms with Crippen LogP contribution < -0.4 is 21.2 Å². The van der Waals surface area contributed by atoms with Crippen molar-refractivity contribution in [2.75, 3.05) is 0 Å². The minimum absolute atomic E-state index is 0.167. The van der Waals surface area contributed by atoms with Crippen molar-refractivity contribution in [3.63, 3.8) is 0 Å². The fraction of sp³-hybridized carbons (Fsp3) is 0.0714. The third-order valence-electron chi connectivity index (χ3n) is 2.22. The van der Waals surface area contributed by atoms with Gasteiger partial charge in [-0.1, -0.05) is 0 Å². The van der Waals surface area contributed by atoms with Crippen molar-refractivity contribution >= 4 is 0 Å². The molecular formula is C14H12FI-2. The molecule has 0 unspecified atom stereocenters. The van der Waals surface area contributed by atoms with Gasteiger partial charge < -0.3 is 0 Å². The molecule has 0 aliphatic heterocycles. The Bertz CT molecular complexity index is 465. The van der Waals surface area contributed by atoms with Gasteiger partial charge in [-0.15, -0.1) is 0 Å². The van der Waals surface area contributed by atoms with Crippen LogP contribution in [0.1, 0.15) is 5.56 Å². The number of benzene rings is 2. The number of rotatable bonds is 3. The van der Waals surface area contributed by atoms with Crippen LogP contribution in [0.3, 0.4) is 0 Å². The SMILES string of the molecule is [CH2-]Cc1cc(F)ccc1[I-]c1ccccc1. The molecular weight excluding hydrogens is 314 g/mol. The van der Waals surface area contributed by atoms with E-state index in [9.17, 15) is 4.39 Å². The summed E-state index contributed by atoms with van der Waals surface area (Å²) >= 11 is -0.219. The molecule has 0 bridgehead atoms. The second-order valence-electron chi connectivity index (χ2n) is 3.38. The average Bonchev–Trinajstić information content (AvgIpc) is 2.33. The maximum absolute atomic E-state index is 13.1. The quantitative estimate of drug-likeness (QED) is 0.563. The van der Waals surface area contributed by atoms with E-state index in [1.807, 2.05) is 24.3 Å². The fourth-order valence-corrected chi connectivity index (χ4v) is 4.00. The first-order chi connectivity index (χ1) is 7.79. The normalized spacial score (nSPS) is 10.6. The molecule has 0 radical (unpaired) electrons. The Kier molecular flexibility index (Phi) is 3.93. The first-order valence-corrected chi connectivity index (χ1v) is 7.23. The molecule has 0 amide bonds. The van der Waals surface area contributed by atoms with Crippen LogP contribution in [0, 0.1) is 19.9 Å². The van der Waals surface area contributed by atoms with E-state index in [2.05, 4.69) is 19.1 Å². The van der Waals surface area contributed by atoms with E-state index in [0.29, 0.717) is 6.42 Å². The molecule has 84 valence electrons. The van der Waals surface area contributed by atoms with Crippen molar-refractivity contribution in [3.05, 3.63) is 74.0 Å². The Hall–Kier alpha value is -0.900. The summed E-state index contributed by atoms with van der Waals surface area (Å²) in [5.74, 6) is -0.167. The molecule has 2 rings (SSSR count). The van der Waals surface area contributed by atoms with Crippen LogP contribution in [-0.4, -0.2) is 0 Å². The summed E-state index contributed by atoms with van der Waals surface area (Å²) in [5.41, 5.74) is 1.04. The topological polar surface area (TPSA) is 0 Å². The molecule has 0 N–H and O–H groups in total. The molecule has 0 nitrogen and oxygen atoms in total. The first kappa shape index (κ1) is 11.6. The van der Waals surface area contributed by atoms with Gasteiger partial charge in [-0.05, 0) is 0 Å². The number of hydrogen-bond acceptors (Lipinski definition) is 0. The van der Waals surface area contributed by atoms with Gasteiger partial charge >= 0.3 is 106 Å². The Morgan fingerprint density at radius 1 is 1.06 bits per heavy atom. The molecule has 2 aromatic carbocycles. The number of hydrogen-bond donors (Lipinski definition) is 0. The van der Waals surface area contributed by atoms with Gasteiger partial charge in [0, 0.05) is 0 Å². The van der Waals surface area contributed by atoms with Crippen molar-refractivity contribution in [2.24, 2.45) is 0 Å². The summed E-state index contributed by atoms with van der Waals surface area (Å²) in [7, 11) is 0. The summed E-state index contributed by atoms with van der Waals surface area (Å²) in [6.07, 6.45) is 0.652. The van der Waals surface area contributed by atoms with Crippen molar-refractivity contribution in [3.8, 4) is 0 Å². The van der Waals surface area contributed by atoms with E-state index < -0.39 is 0 Å². The fourth-order valence-electron chi connectivity index (χ4n) is 1.42. The van der Waals surface area contributed by atoms with Crippen LogP contribution in [0.25, 0.3) is 0 Å².